The van der Waals surface area contributed by atoms with E-state index in [4.69, 9.17) is 9.84 Å². The van der Waals surface area contributed by atoms with Crippen molar-refractivity contribution >= 4 is 6.16 Å². The van der Waals surface area contributed by atoms with Crippen LogP contribution in [0.3, 0.4) is 0 Å². The van der Waals surface area contributed by atoms with Gasteiger partial charge in [0.25, 0.3) is 0 Å². The summed E-state index contributed by atoms with van der Waals surface area (Å²) in [5.74, 6) is 0.407. The minimum Gasteiger partial charge on any atom is -0.449 e. The quantitative estimate of drug-likeness (QED) is 0.668. The summed E-state index contributed by atoms with van der Waals surface area (Å²) in [6.45, 7) is 3.92. The summed E-state index contributed by atoms with van der Waals surface area (Å²) in [4.78, 5) is 10.7. The maximum absolute atomic E-state index is 10.7. The molecule has 0 aliphatic heterocycles. The lowest BCUT2D eigenvalue weighted by atomic mass is 9.95. The number of aryl methyl sites for hydroxylation is 1. The highest BCUT2D eigenvalue weighted by molar-refractivity contribution is 5.63. The Morgan fingerprint density at radius 1 is 1.11 bits per heavy atom. The normalized spacial score (nSPS) is 10.2. The average molecular weight is 256 g/mol. The Morgan fingerprint density at radius 2 is 1.79 bits per heavy atom. The zero-order valence-corrected chi connectivity index (χ0v) is 11.0. The summed E-state index contributed by atoms with van der Waals surface area (Å²) >= 11 is 0. The van der Waals surface area contributed by atoms with Crippen LogP contribution in [-0.2, 0) is 6.42 Å². The smallest absolute Gasteiger partial charge is 0.449 e. The second-order valence-electron chi connectivity index (χ2n) is 4.51. The van der Waals surface area contributed by atoms with Gasteiger partial charge in [0.1, 0.15) is 5.75 Å². The minimum absolute atomic E-state index is 0.407. The van der Waals surface area contributed by atoms with Crippen LogP contribution in [0, 0.1) is 13.8 Å². The van der Waals surface area contributed by atoms with Gasteiger partial charge in [0, 0.05) is 0 Å². The Bertz CT molecular complexity index is 588. The Balaban J connectivity index is 2.36. The number of ether oxygens (including phenoxy) is 1. The lowest BCUT2D eigenvalue weighted by Crippen LogP contribution is -2.06. The molecule has 0 fully saturated rings. The molecular weight excluding hydrogens is 240 g/mol. The number of hydrogen-bond donors (Lipinski definition) is 1. The highest BCUT2D eigenvalue weighted by Gasteiger charge is 2.11. The fourth-order valence-corrected chi connectivity index (χ4v) is 2.15. The van der Waals surface area contributed by atoms with Crippen LogP contribution in [0.1, 0.15) is 22.3 Å². The molecule has 0 aliphatic carbocycles. The summed E-state index contributed by atoms with van der Waals surface area (Å²) in [6, 6.07) is 13.7. The van der Waals surface area contributed by atoms with Crippen molar-refractivity contribution in [2.45, 2.75) is 20.3 Å². The fraction of sp³-hybridized carbons (Fsp3) is 0.188. The van der Waals surface area contributed by atoms with Gasteiger partial charge in [0.2, 0.25) is 0 Å². The standard InChI is InChI=1S/C16H16O3/c1-11-8-9-15(19-16(17)18)12(2)14(11)10-13-6-4-3-5-7-13/h3-9H,10H2,1-2H3,(H,17,18). The van der Waals surface area contributed by atoms with Crippen molar-refractivity contribution in [3.63, 3.8) is 0 Å². The van der Waals surface area contributed by atoms with Gasteiger partial charge in [-0.15, -0.1) is 0 Å². The van der Waals surface area contributed by atoms with E-state index in [-0.39, 0.29) is 0 Å². The molecule has 0 atom stereocenters. The molecule has 2 aromatic rings. The first kappa shape index (κ1) is 13.1. The van der Waals surface area contributed by atoms with Gasteiger partial charge in [-0.1, -0.05) is 36.4 Å². The van der Waals surface area contributed by atoms with E-state index in [0.717, 1.165) is 23.1 Å². The lowest BCUT2D eigenvalue weighted by molar-refractivity contribution is 0.144. The van der Waals surface area contributed by atoms with Crippen molar-refractivity contribution in [2.75, 3.05) is 0 Å². The van der Waals surface area contributed by atoms with Gasteiger partial charge in [0.15, 0.2) is 0 Å². The minimum atomic E-state index is -1.28. The monoisotopic (exact) mass is 256 g/mol. The number of hydrogen-bond acceptors (Lipinski definition) is 2. The molecule has 0 amide bonds. The molecule has 0 saturated heterocycles. The van der Waals surface area contributed by atoms with Crippen molar-refractivity contribution in [1.29, 1.82) is 0 Å². The molecule has 0 spiro atoms. The number of carbonyl (C=O) groups is 1. The molecule has 0 aromatic heterocycles. The molecular formula is C16H16O3. The molecule has 0 aliphatic rings. The summed E-state index contributed by atoms with van der Waals surface area (Å²) in [7, 11) is 0. The third-order valence-electron chi connectivity index (χ3n) is 3.20. The van der Waals surface area contributed by atoms with E-state index < -0.39 is 6.16 Å². The zero-order valence-electron chi connectivity index (χ0n) is 11.0. The summed E-state index contributed by atoms with van der Waals surface area (Å²) in [6.07, 6.45) is -0.507. The number of benzene rings is 2. The van der Waals surface area contributed by atoms with Gasteiger partial charge in [-0.25, -0.2) is 4.79 Å². The molecule has 0 bridgehead atoms. The predicted octanol–water partition coefficient (Wildman–Crippen LogP) is 3.95. The van der Waals surface area contributed by atoms with Crippen LogP contribution in [0.2, 0.25) is 0 Å². The topological polar surface area (TPSA) is 46.5 Å². The maximum Gasteiger partial charge on any atom is 0.511 e. The van der Waals surface area contributed by atoms with Crippen LogP contribution in [0.25, 0.3) is 0 Å². The van der Waals surface area contributed by atoms with Crippen LogP contribution < -0.4 is 4.74 Å². The third kappa shape index (κ3) is 3.13. The van der Waals surface area contributed by atoms with E-state index >= 15 is 0 Å². The van der Waals surface area contributed by atoms with Crippen LogP contribution in [0.5, 0.6) is 5.75 Å². The first-order valence-corrected chi connectivity index (χ1v) is 6.11. The fourth-order valence-electron chi connectivity index (χ4n) is 2.15. The second kappa shape index (κ2) is 5.57. The van der Waals surface area contributed by atoms with E-state index in [1.807, 2.05) is 38.1 Å². The zero-order chi connectivity index (χ0) is 13.8. The Kier molecular flexibility index (Phi) is 3.85. The Hall–Kier alpha value is -2.29. The number of rotatable bonds is 3. The third-order valence-corrected chi connectivity index (χ3v) is 3.20. The van der Waals surface area contributed by atoms with Crippen molar-refractivity contribution in [3.05, 3.63) is 64.7 Å². The summed E-state index contributed by atoms with van der Waals surface area (Å²) in [5.41, 5.74) is 4.33. The molecule has 19 heavy (non-hydrogen) atoms. The van der Waals surface area contributed by atoms with Gasteiger partial charge in [0.05, 0.1) is 0 Å². The maximum atomic E-state index is 10.7. The lowest BCUT2D eigenvalue weighted by Gasteiger charge is -2.13. The summed E-state index contributed by atoms with van der Waals surface area (Å²) < 4.78 is 4.79. The van der Waals surface area contributed by atoms with Crippen molar-refractivity contribution in [2.24, 2.45) is 0 Å². The molecule has 0 heterocycles. The first-order valence-electron chi connectivity index (χ1n) is 6.11. The predicted molar refractivity (Wildman–Crippen MR) is 73.8 cm³/mol. The van der Waals surface area contributed by atoms with E-state index in [0.29, 0.717) is 5.75 Å². The molecule has 1 N–H and O–H groups in total. The first-order chi connectivity index (χ1) is 9.08. The van der Waals surface area contributed by atoms with Crippen LogP contribution >= 0.6 is 0 Å². The summed E-state index contributed by atoms with van der Waals surface area (Å²) in [5, 5.41) is 8.72. The highest BCUT2D eigenvalue weighted by atomic mass is 16.7. The van der Waals surface area contributed by atoms with Gasteiger partial charge in [-0.3, -0.25) is 0 Å². The molecule has 0 radical (unpaired) electrons. The van der Waals surface area contributed by atoms with Crippen LogP contribution in [-0.4, -0.2) is 11.3 Å². The molecule has 98 valence electrons. The molecule has 2 rings (SSSR count). The molecule has 3 heteroatoms. The Labute approximate surface area is 112 Å². The van der Waals surface area contributed by atoms with E-state index in [9.17, 15) is 4.79 Å². The molecule has 2 aromatic carbocycles. The SMILES string of the molecule is Cc1ccc(OC(=O)O)c(C)c1Cc1ccccc1. The highest BCUT2D eigenvalue weighted by Crippen LogP contribution is 2.26. The van der Waals surface area contributed by atoms with E-state index in [2.05, 4.69) is 12.1 Å². The molecule has 3 nitrogen and oxygen atoms in total. The van der Waals surface area contributed by atoms with E-state index in [1.54, 1.807) is 6.07 Å². The van der Waals surface area contributed by atoms with Crippen molar-refractivity contribution in [3.8, 4) is 5.75 Å². The second-order valence-corrected chi connectivity index (χ2v) is 4.51. The number of carboxylic acid groups (broad SMARTS) is 1. The van der Waals surface area contributed by atoms with Gasteiger partial charge in [-0.2, -0.15) is 0 Å². The van der Waals surface area contributed by atoms with Crippen molar-refractivity contribution in [1.82, 2.24) is 0 Å². The van der Waals surface area contributed by atoms with Crippen LogP contribution in [0.15, 0.2) is 42.5 Å². The Morgan fingerprint density at radius 3 is 2.42 bits per heavy atom. The van der Waals surface area contributed by atoms with Crippen molar-refractivity contribution < 1.29 is 14.6 Å². The van der Waals surface area contributed by atoms with E-state index in [1.165, 1.54) is 5.56 Å². The van der Waals surface area contributed by atoms with Gasteiger partial charge in [-0.05, 0) is 48.6 Å². The van der Waals surface area contributed by atoms with Gasteiger partial charge < -0.3 is 9.84 Å². The molecule has 0 unspecified atom stereocenters. The average Bonchev–Trinajstić information content (AvgIpc) is 2.39. The van der Waals surface area contributed by atoms with Gasteiger partial charge >= 0.3 is 6.16 Å². The van der Waals surface area contributed by atoms with Crippen LogP contribution in [0.4, 0.5) is 4.79 Å². The largest absolute Gasteiger partial charge is 0.511 e. The molecule has 0 saturated carbocycles.